The summed E-state index contributed by atoms with van der Waals surface area (Å²) in [5, 5.41) is 0.481. The Balaban J connectivity index is 1.99. The molecular formula is C13H12BrClN2O. The summed E-state index contributed by atoms with van der Waals surface area (Å²) < 4.78 is 6.15. The highest BCUT2D eigenvalue weighted by Crippen LogP contribution is 2.34. The molecule has 3 nitrogen and oxygen atoms in total. The lowest BCUT2D eigenvalue weighted by Gasteiger charge is -2.09. The van der Waals surface area contributed by atoms with E-state index in [2.05, 4.69) is 25.9 Å². The summed E-state index contributed by atoms with van der Waals surface area (Å²) in [5.41, 5.74) is 1.04. The van der Waals surface area contributed by atoms with Crippen LogP contribution in [0.15, 0.2) is 27.3 Å². The molecule has 0 spiro atoms. The van der Waals surface area contributed by atoms with Crippen LogP contribution in [0.2, 0.25) is 5.15 Å². The largest absolute Gasteiger partial charge is 0.446 e. The van der Waals surface area contributed by atoms with Gasteiger partial charge < -0.3 is 4.42 Å². The molecular weight excluding hydrogens is 316 g/mol. The predicted octanol–water partition coefficient (Wildman–Crippen LogP) is 4.81. The lowest BCUT2D eigenvalue weighted by molar-refractivity contribution is 0.550. The molecule has 0 amide bonds. The fourth-order valence-electron chi connectivity index (χ4n) is 2.41. The molecule has 0 aliphatic heterocycles. The van der Waals surface area contributed by atoms with Gasteiger partial charge in [0, 0.05) is 11.6 Å². The van der Waals surface area contributed by atoms with E-state index in [1.54, 1.807) is 0 Å². The van der Waals surface area contributed by atoms with Crippen LogP contribution in [0.3, 0.4) is 0 Å². The molecule has 5 heteroatoms. The zero-order valence-corrected chi connectivity index (χ0v) is 12.0. The minimum atomic E-state index is 0.481. The summed E-state index contributed by atoms with van der Waals surface area (Å²) in [6.45, 7) is 0. The molecule has 0 unspecified atom stereocenters. The summed E-state index contributed by atoms with van der Waals surface area (Å²) in [4.78, 5) is 8.82. The van der Waals surface area contributed by atoms with Gasteiger partial charge in [0.1, 0.15) is 5.15 Å². The first-order chi connectivity index (χ1) is 8.72. The summed E-state index contributed by atoms with van der Waals surface area (Å²) in [6, 6.07) is 5.54. The number of nitrogens with zero attached hydrogens (tertiary/aromatic N) is 2. The minimum Gasteiger partial charge on any atom is -0.446 e. The number of furan rings is 1. The van der Waals surface area contributed by atoms with Gasteiger partial charge in [0.25, 0.3) is 0 Å². The van der Waals surface area contributed by atoms with Crippen molar-refractivity contribution < 1.29 is 4.42 Å². The SMILES string of the molecule is Clc1cc(C2CCCC2)nc(-c2ccc(Br)o2)n1. The van der Waals surface area contributed by atoms with Gasteiger partial charge in [-0.05, 0) is 47.0 Å². The Morgan fingerprint density at radius 3 is 2.67 bits per heavy atom. The van der Waals surface area contributed by atoms with Crippen molar-refractivity contribution in [3.05, 3.63) is 33.7 Å². The number of hydrogen-bond donors (Lipinski definition) is 0. The molecule has 0 saturated heterocycles. The molecule has 1 aliphatic rings. The first-order valence-corrected chi connectivity index (χ1v) is 7.19. The normalized spacial score (nSPS) is 16.3. The fraction of sp³-hybridized carbons (Fsp3) is 0.385. The molecule has 0 bridgehead atoms. The standard InChI is InChI=1S/C13H12BrClN2O/c14-11-6-5-10(18-11)13-16-9(7-12(15)17-13)8-3-1-2-4-8/h5-8H,1-4H2. The third-order valence-corrected chi connectivity index (χ3v) is 3.90. The van der Waals surface area contributed by atoms with Crippen LogP contribution in [0.25, 0.3) is 11.6 Å². The third-order valence-electron chi connectivity index (χ3n) is 3.28. The van der Waals surface area contributed by atoms with Crippen LogP contribution in [0.1, 0.15) is 37.3 Å². The van der Waals surface area contributed by atoms with Gasteiger partial charge in [-0.25, -0.2) is 9.97 Å². The van der Waals surface area contributed by atoms with E-state index in [-0.39, 0.29) is 0 Å². The van der Waals surface area contributed by atoms with E-state index >= 15 is 0 Å². The average molecular weight is 328 g/mol. The molecule has 0 radical (unpaired) electrons. The van der Waals surface area contributed by atoms with Crippen LogP contribution in [0.4, 0.5) is 0 Å². The molecule has 18 heavy (non-hydrogen) atoms. The smallest absolute Gasteiger partial charge is 0.197 e. The van der Waals surface area contributed by atoms with Crippen LogP contribution in [-0.4, -0.2) is 9.97 Å². The van der Waals surface area contributed by atoms with Crippen LogP contribution < -0.4 is 0 Å². The second-order valence-corrected chi connectivity index (χ2v) is 5.69. The van der Waals surface area contributed by atoms with E-state index in [4.69, 9.17) is 16.0 Å². The predicted molar refractivity (Wildman–Crippen MR) is 73.7 cm³/mol. The molecule has 2 aromatic rings. The van der Waals surface area contributed by atoms with Crippen molar-refractivity contribution >= 4 is 27.5 Å². The van der Waals surface area contributed by atoms with Gasteiger partial charge in [-0.2, -0.15) is 0 Å². The third kappa shape index (κ3) is 2.45. The Bertz CT molecular complexity index is 564. The van der Waals surface area contributed by atoms with Crippen molar-refractivity contribution in [1.29, 1.82) is 0 Å². The van der Waals surface area contributed by atoms with Crippen molar-refractivity contribution in [2.24, 2.45) is 0 Å². The molecule has 3 rings (SSSR count). The second kappa shape index (κ2) is 5.02. The van der Waals surface area contributed by atoms with Crippen molar-refractivity contribution in [3.63, 3.8) is 0 Å². The van der Waals surface area contributed by atoms with Gasteiger partial charge in [-0.15, -0.1) is 0 Å². The second-order valence-electron chi connectivity index (χ2n) is 4.52. The molecule has 1 fully saturated rings. The Kier molecular flexibility index (Phi) is 3.39. The van der Waals surface area contributed by atoms with E-state index in [1.807, 2.05) is 18.2 Å². The lowest BCUT2D eigenvalue weighted by Crippen LogP contribution is -2.00. The van der Waals surface area contributed by atoms with Crippen molar-refractivity contribution in [2.75, 3.05) is 0 Å². The van der Waals surface area contributed by atoms with Gasteiger partial charge in [-0.1, -0.05) is 24.4 Å². The molecule has 2 aromatic heterocycles. The van der Waals surface area contributed by atoms with Gasteiger partial charge in [0.05, 0.1) is 0 Å². The van der Waals surface area contributed by atoms with E-state index < -0.39 is 0 Å². The van der Waals surface area contributed by atoms with Crippen molar-refractivity contribution in [1.82, 2.24) is 9.97 Å². The highest BCUT2D eigenvalue weighted by Gasteiger charge is 2.20. The number of aromatic nitrogens is 2. The fourth-order valence-corrected chi connectivity index (χ4v) is 2.91. The zero-order valence-electron chi connectivity index (χ0n) is 9.70. The summed E-state index contributed by atoms with van der Waals surface area (Å²) in [6.07, 6.45) is 4.92. The van der Waals surface area contributed by atoms with Crippen LogP contribution in [-0.2, 0) is 0 Å². The van der Waals surface area contributed by atoms with Crippen LogP contribution in [0.5, 0.6) is 0 Å². The summed E-state index contributed by atoms with van der Waals surface area (Å²) in [5.74, 6) is 1.72. The zero-order chi connectivity index (χ0) is 12.5. The highest BCUT2D eigenvalue weighted by molar-refractivity contribution is 9.10. The monoisotopic (exact) mass is 326 g/mol. The molecule has 2 heterocycles. The number of halogens is 2. The van der Waals surface area contributed by atoms with Crippen molar-refractivity contribution in [2.45, 2.75) is 31.6 Å². The van der Waals surface area contributed by atoms with Crippen LogP contribution in [0, 0.1) is 0 Å². The Hall–Kier alpha value is -0.870. The highest BCUT2D eigenvalue weighted by atomic mass is 79.9. The summed E-state index contributed by atoms with van der Waals surface area (Å²) >= 11 is 9.36. The molecule has 1 aliphatic carbocycles. The van der Waals surface area contributed by atoms with E-state index in [0.717, 1.165) is 5.69 Å². The minimum absolute atomic E-state index is 0.481. The number of rotatable bonds is 2. The van der Waals surface area contributed by atoms with Crippen LogP contribution >= 0.6 is 27.5 Å². The first-order valence-electron chi connectivity index (χ1n) is 6.02. The maximum absolute atomic E-state index is 6.08. The molecule has 0 N–H and O–H groups in total. The summed E-state index contributed by atoms with van der Waals surface area (Å²) in [7, 11) is 0. The van der Waals surface area contributed by atoms with Gasteiger partial charge >= 0.3 is 0 Å². The quantitative estimate of drug-likeness (QED) is 0.743. The maximum atomic E-state index is 6.08. The Labute approximate surface area is 119 Å². The van der Waals surface area contributed by atoms with Gasteiger partial charge in [-0.3, -0.25) is 0 Å². The number of hydrogen-bond acceptors (Lipinski definition) is 3. The maximum Gasteiger partial charge on any atom is 0.197 e. The Morgan fingerprint density at radius 1 is 1.22 bits per heavy atom. The average Bonchev–Trinajstić information content (AvgIpc) is 2.98. The van der Waals surface area contributed by atoms with E-state index in [9.17, 15) is 0 Å². The van der Waals surface area contributed by atoms with Gasteiger partial charge in [0.2, 0.25) is 0 Å². The van der Waals surface area contributed by atoms with E-state index in [0.29, 0.717) is 27.3 Å². The molecule has 1 saturated carbocycles. The molecule has 0 aromatic carbocycles. The topological polar surface area (TPSA) is 38.9 Å². The molecule has 94 valence electrons. The lowest BCUT2D eigenvalue weighted by atomic mass is 10.0. The Morgan fingerprint density at radius 2 is 2.00 bits per heavy atom. The first kappa shape index (κ1) is 12.2. The van der Waals surface area contributed by atoms with Crippen molar-refractivity contribution in [3.8, 4) is 11.6 Å². The molecule has 0 atom stereocenters. The van der Waals surface area contributed by atoms with E-state index in [1.165, 1.54) is 25.7 Å². The van der Waals surface area contributed by atoms with Gasteiger partial charge in [0.15, 0.2) is 16.3 Å².